The molecule has 0 saturated carbocycles. The van der Waals surface area contributed by atoms with Crippen LogP contribution in [0, 0.1) is 0 Å². The monoisotopic (exact) mass is 301 g/mol. The number of hydrogen-bond acceptors (Lipinski definition) is 5. The Kier molecular flexibility index (Phi) is 10.4. The normalized spacial score (nSPS) is 13.1. The second-order valence-electron chi connectivity index (χ2n) is 7.21. The molecule has 0 bridgehead atoms. The molecule has 5 heteroatoms. The lowest BCUT2D eigenvalue weighted by atomic mass is 9.89. The van der Waals surface area contributed by atoms with E-state index >= 15 is 0 Å². The lowest BCUT2D eigenvalue weighted by molar-refractivity contribution is 0.103. The van der Waals surface area contributed by atoms with Crippen LogP contribution >= 0.6 is 0 Å². The Morgan fingerprint density at radius 1 is 0.667 bits per heavy atom. The van der Waals surface area contributed by atoms with Gasteiger partial charge in [0.2, 0.25) is 0 Å². The van der Waals surface area contributed by atoms with Gasteiger partial charge < -0.3 is 24.9 Å². The lowest BCUT2D eigenvalue weighted by Gasteiger charge is -2.42. The molecule has 128 valence electrons. The van der Waals surface area contributed by atoms with Crippen molar-refractivity contribution in [3.05, 3.63) is 0 Å². The Bertz CT molecular complexity index is 239. The summed E-state index contributed by atoms with van der Waals surface area (Å²) in [5.74, 6) is 0. The van der Waals surface area contributed by atoms with Crippen LogP contribution in [0.15, 0.2) is 0 Å². The van der Waals surface area contributed by atoms with Crippen LogP contribution in [-0.2, 0) is 0 Å². The van der Waals surface area contributed by atoms with Crippen molar-refractivity contribution in [1.82, 2.24) is 24.9 Å². The van der Waals surface area contributed by atoms with Gasteiger partial charge in [-0.25, -0.2) is 0 Å². The van der Waals surface area contributed by atoms with Crippen LogP contribution in [0.4, 0.5) is 0 Å². The van der Waals surface area contributed by atoms with Crippen LogP contribution in [0.1, 0.15) is 12.8 Å². The summed E-state index contributed by atoms with van der Waals surface area (Å²) in [5, 5.41) is 3.67. The molecule has 0 aliphatic heterocycles. The average molecular weight is 302 g/mol. The van der Waals surface area contributed by atoms with Crippen molar-refractivity contribution < 1.29 is 0 Å². The fourth-order valence-electron chi connectivity index (χ4n) is 2.39. The Hall–Kier alpha value is -0.200. The Morgan fingerprint density at radius 2 is 1.10 bits per heavy atom. The summed E-state index contributed by atoms with van der Waals surface area (Å²) in [6.07, 6.45) is 2.38. The van der Waals surface area contributed by atoms with Gasteiger partial charge in [0.15, 0.2) is 0 Å². The van der Waals surface area contributed by atoms with Gasteiger partial charge in [-0.2, -0.15) is 0 Å². The minimum atomic E-state index is 0.223. The molecule has 0 rings (SSSR count). The number of likely N-dealkylation sites (N-methyl/N-ethyl adjacent to an activating group) is 2. The molecular formula is C16H39N5. The van der Waals surface area contributed by atoms with Gasteiger partial charge in [0.1, 0.15) is 0 Å². The van der Waals surface area contributed by atoms with Gasteiger partial charge in [0.05, 0.1) is 0 Å². The summed E-state index contributed by atoms with van der Waals surface area (Å²) in [4.78, 5) is 9.22. The number of nitrogens with zero attached hydrogens (tertiary/aromatic N) is 4. The molecule has 0 aliphatic rings. The maximum atomic E-state index is 3.67. The Morgan fingerprint density at radius 3 is 1.43 bits per heavy atom. The third-order valence-corrected chi connectivity index (χ3v) is 4.19. The quantitative estimate of drug-likeness (QED) is 0.524. The molecule has 0 amide bonds. The van der Waals surface area contributed by atoms with Crippen LogP contribution in [0.5, 0.6) is 0 Å². The van der Waals surface area contributed by atoms with E-state index in [1.54, 1.807) is 0 Å². The molecule has 5 nitrogen and oxygen atoms in total. The zero-order valence-corrected chi connectivity index (χ0v) is 15.7. The van der Waals surface area contributed by atoms with Crippen LogP contribution in [0.3, 0.4) is 0 Å². The topological polar surface area (TPSA) is 25.0 Å². The molecular weight excluding hydrogens is 262 g/mol. The third kappa shape index (κ3) is 9.42. The first kappa shape index (κ1) is 20.8. The zero-order chi connectivity index (χ0) is 16.5. The van der Waals surface area contributed by atoms with Gasteiger partial charge in [0, 0.05) is 25.2 Å². The van der Waals surface area contributed by atoms with E-state index in [1.807, 2.05) is 0 Å². The lowest BCUT2D eigenvalue weighted by Crippen LogP contribution is -2.54. The van der Waals surface area contributed by atoms with Crippen molar-refractivity contribution >= 4 is 0 Å². The largest absolute Gasteiger partial charge is 0.314 e. The van der Waals surface area contributed by atoms with Crippen LogP contribution in [0.2, 0.25) is 0 Å². The SMILES string of the molecule is CN(C)CCNCC(CCN(C)C)(CCN(C)C)N(C)C. The van der Waals surface area contributed by atoms with Crippen molar-refractivity contribution in [2.45, 2.75) is 18.4 Å². The van der Waals surface area contributed by atoms with E-state index in [0.717, 1.165) is 32.7 Å². The van der Waals surface area contributed by atoms with E-state index < -0.39 is 0 Å². The first-order valence-corrected chi connectivity index (χ1v) is 8.02. The summed E-state index contributed by atoms with van der Waals surface area (Å²) in [5.41, 5.74) is 0.223. The highest BCUT2D eigenvalue weighted by molar-refractivity contribution is 4.91. The number of hydrogen-bond donors (Lipinski definition) is 1. The van der Waals surface area contributed by atoms with E-state index in [0.29, 0.717) is 0 Å². The fraction of sp³-hybridized carbons (Fsp3) is 1.00. The molecule has 21 heavy (non-hydrogen) atoms. The number of nitrogens with one attached hydrogen (secondary N) is 1. The molecule has 1 N–H and O–H groups in total. The maximum absolute atomic E-state index is 3.67. The van der Waals surface area contributed by atoms with E-state index in [1.165, 1.54) is 12.8 Å². The highest BCUT2D eigenvalue weighted by Gasteiger charge is 2.31. The average Bonchev–Trinajstić information content (AvgIpc) is 2.36. The first-order valence-electron chi connectivity index (χ1n) is 8.02. The highest BCUT2D eigenvalue weighted by atomic mass is 15.2. The summed E-state index contributed by atoms with van der Waals surface area (Å²) < 4.78 is 0. The van der Waals surface area contributed by atoms with E-state index in [2.05, 4.69) is 81.3 Å². The predicted octanol–water partition coefficient (Wildman–Crippen LogP) is 0.341. The Labute approximate surface area is 133 Å². The van der Waals surface area contributed by atoms with Gasteiger partial charge in [0.25, 0.3) is 0 Å². The summed E-state index contributed by atoms with van der Waals surface area (Å²) in [6.45, 7) is 5.44. The van der Waals surface area contributed by atoms with E-state index in [4.69, 9.17) is 0 Å². The molecule has 0 aliphatic carbocycles. The number of rotatable bonds is 12. The summed E-state index contributed by atoms with van der Waals surface area (Å²) in [6, 6.07) is 0. The summed E-state index contributed by atoms with van der Waals surface area (Å²) >= 11 is 0. The van der Waals surface area contributed by atoms with E-state index in [9.17, 15) is 0 Å². The second-order valence-corrected chi connectivity index (χ2v) is 7.21. The first-order chi connectivity index (χ1) is 9.69. The maximum Gasteiger partial charge on any atom is 0.0352 e. The van der Waals surface area contributed by atoms with Crippen molar-refractivity contribution in [2.24, 2.45) is 0 Å². The van der Waals surface area contributed by atoms with Gasteiger partial charge in [-0.15, -0.1) is 0 Å². The van der Waals surface area contributed by atoms with Crippen molar-refractivity contribution in [3.63, 3.8) is 0 Å². The molecule has 0 aromatic rings. The molecule has 0 heterocycles. The highest BCUT2D eigenvalue weighted by Crippen LogP contribution is 2.22. The van der Waals surface area contributed by atoms with Crippen LogP contribution < -0.4 is 5.32 Å². The third-order valence-electron chi connectivity index (χ3n) is 4.19. The molecule has 0 aromatic carbocycles. The molecule has 0 radical (unpaired) electrons. The predicted molar refractivity (Wildman–Crippen MR) is 94.2 cm³/mol. The molecule has 0 aromatic heterocycles. The molecule has 0 fully saturated rings. The van der Waals surface area contributed by atoms with Crippen LogP contribution in [-0.4, -0.2) is 114 Å². The van der Waals surface area contributed by atoms with Gasteiger partial charge in [-0.05, 0) is 82.3 Å². The standard InChI is InChI=1S/C16H39N5/c1-18(2)12-9-16(21(7)8,10-13-19(3)4)15-17-11-14-20(5)6/h17H,9-15H2,1-8H3. The fourth-order valence-corrected chi connectivity index (χ4v) is 2.39. The summed E-state index contributed by atoms with van der Waals surface area (Å²) in [7, 11) is 17.3. The zero-order valence-electron chi connectivity index (χ0n) is 15.7. The van der Waals surface area contributed by atoms with Crippen LogP contribution in [0.25, 0.3) is 0 Å². The molecule has 0 spiro atoms. The minimum Gasteiger partial charge on any atom is -0.314 e. The molecule has 0 saturated heterocycles. The second kappa shape index (κ2) is 10.5. The molecule has 0 atom stereocenters. The van der Waals surface area contributed by atoms with Crippen molar-refractivity contribution in [1.29, 1.82) is 0 Å². The van der Waals surface area contributed by atoms with Crippen molar-refractivity contribution in [2.75, 3.05) is 89.1 Å². The van der Waals surface area contributed by atoms with Gasteiger partial charge in [-0.1, -0.05) is 0 Å². The van der Waals surface area contributed by atoms with Gasteiger partial charge in [-0.3, -0.25) is 0 Å². The molecule has 0 unspecified atom stereocenters. The van der Waals surface area contributed by atoms with E-state index in [-0.39, 0.29) is 5.54 Å². The minimum absolute atomic E-state index is 0.223. The van der Waals surface area contributed by atoms with Crippen molar-refractivity contribution in [3.8, 4) is 0 Å². The Balaban J connectivity index is 4.65. The van der Waals surface area contributed by atoms with Gasteiger partial charge >= 0.3 is 0 Å². The smallest absolute Gasteiger partial charge is 0.0352 e.